The summed E-state index contributed by atoms with van der Waals surface area (Å²) in [5, 5.41) is 14.7. The van der Waals surface area contributed by atoms with Crippen LogP contribution in [0, 0.1) is 10.1 Å². The van der Waals surface area contributed by atoms with Crippen LogP contribution >= 0.6 is 23.2 Å². The Morgan fingerprint density at radius 1 is 1.30 bits per heavy atom. The molecule has 2 aromatic rings. The number of hydrogen-bond donors (Lipinski definition) is 1. The van der Waals surface area contributed by atoms with E-state index in [0.717, 1.165) is 5.56 Å². The van der Waals surface area contributed by atoms with Crippen molar-refractivity contribution in [1.82, 2.24) is 4.90 Å². The highest BCUT2D eigenvalue weighted by Crippen LogP contribution is 2.29. The van der Waals surface area contributed by atoms with Crippen molar-refractivity contribution in [3.05, 3.63) is 62.1 Å². The van der Waals surface area contributed by atoms with Crippen LogP contribution in [0.25, 0.3) is 0 Å². The van der Waals surface area contributed by atoms with Gasteiger partial charge in [0.05, 0.1) is 28.1 Å². The molecule has 0 aliphatic carbocycles. The Kier molecular flexibility index (Phi) is 7.41. The third-order valence-corrected chi connectivity index (χ3v) is 4.73. The van der Waals surface area contributed by atoms with Gasteiger partial charge in [-0.05, 0) is 30.8 Å². The highest BCUT2D eigenvalue weighted by Gasteiger charge is 2.17. The van der Waals surface area contributed by atoms with Gasteiger partial charge in [-0.25, -0.2) is 0 Å². The number of nitro groups is 1. The molecule has 0 aliphatic rings. The lowest BCUT2D eigenvalue weighted by atomic mass is 10.2. The van der Waals surface area contributed by atoms with Crippen LogP contribution in [-0.2, 0) is 11.3 Å². The quantitative estimate of drug-likeness (QED) is 0.514. The van der Waals surface area contributed by atoms with E-state index in [1.165, 1.54) is 19.2 Å². The molecule has 0 unspecified atom stereocenters. The van der Waals surface area contributed by atoms with Crippen LogP contribution in [0.5, 0.6) is 5.75 Å². The molecule has 0 fully saturated rings. The molecular formula is C18H19Cl2N3O4. The number of nitro benzene ring substituents is 1. The average molecular weight is 412 g/mol. The summed E-state index contributed by atoms with van der Waals surface area (Å²) < 4.78 is 4.97. The fourth-order valence-corrected chi connectivity index (χ4v) is 2.82. The molecule has 0 spiro atoms. The van der Waals surface area contributed by atoms with Gasteiger partial charge in [0.1, 0.15) is 11.4 Å². The number of nitrogens with zero attached hydrogens (tertiary/aromatic N) is 2. The molecule has 27 heavy (non-hydrogen) atoms. The maximum Gasteiger partial charge on any atom is 0.296 e. The highest BCUT2D eigenvalue weighted by molar-refractivity contribution is 6.42. The maximum absolute atomic E-state index is 12.2. The highest BCUT2D eigenvalue weighted by atomic mass is 35.5. The van der Waals surface area contributed by atoms with Crippen LogP contribution < -0.4 is 10.1 Å². The molecule has 0 heterocycles. The predicted octanol–water partition coefficient (Wildman–Crippen LogP) is 4.37. The predicted molar refractivity (Wildman–Crippen MR) is 106 cm³/mol. The fraction of sp³-hybridized carbons (Fsp3) is 0.278. The molecule has 144 valence electrons. The van der Waals surface area contributed by atoms with Gasteiger partial charge < -0.3 is 15.0 Å². The molecule has 0 saturated heterocycles. The first-order valence-corrected chi connectivity index (χ1v) is 8.81. The minimum Gasteiger partial charge on any atom is -0.496 e. The number of rotatable bonds is 8. The smallest absolute Gasteiger partial charge is 0.296 e. The molecule has 0 radical (unpaired) electrons. The SMILES string of the molecule is COc1ccc(NC(=O)CCN(C)Cc2cccc(Cl)c2Cl)c([N+](=O)[O-])c1. The Labute approximate surface area is 167 Å². The van der Waals surface area contributed by atoms with E-state index in [0.29, 0.717) is 28.9 Å². The monoisotopic (exact) mass is 411 g/mol. The van der Waals surface area contributed by atoms with Gasteiger partial charge in [0.15, 0.2) is 0 Å². The minimum absolute atomic E-state index is 0.131. The van der Waals surface area contributed by atoms with Crippen molar-refractivity contribution in [3.63, 3.8) is 0 Å². The molecule has 1 amide bonds. The van der Waals surface area contributed by atoms with Gasteiger partial charge in [-0.15, -0.1) is 0 Å². The summed E-state index contributed by atoms with van der Waals surface area (Å²) >= 11 is 12.2. The zero-order valence-electron chi connectivity index (χ0n) is 14.9. The molecule has 0 aliphatic heterocycles. The molecule has 9 heteroatoms. The third kappa shape index (κ3) is 5.82. The Balaban J connectivity index is 1.94. The maximum atomic E-state index is 12.2. The molecule has 0 bridgehead atoms. The van der Waals surface area contributed by atoms with Crippen LogP contribution in [0.3, 0.4) is 0 Å². The largest absolute Gasteiger partial charge is 0.496 e. The molecule has 0 atom stereocenters. The number of benzene rings is 2. The molecule has 0 aromatic heterocycles. The van der Waals surface area contributed by atoms with Crippen LogP contribution in [0.1, 0.15) is 12.0 Å². The van der Waals surface area contributed by atoms with Gasteiger partial charge in [-0.2, -0.15) is 0 Å². The van der Waals surface area contributed by atoms with E-state index in [-0.39, 0.29) is 23.7 Å². The van der Waals surface area contributed by atoms with E-state index < -0.39 is 4.92 Å². The van der Waals surface area contributed by atoms with Crippen LogP contribution in [0.15, 0.2) is 36.4 Å². The number of carbonyl (C=O) groups is 1. The van der Waals surface area contributed by atoms with Gasteiger partial charge in [0, 0.05) is 19.5 Å². The van der Waals surface area contributed by atoms with E-state index in [4.69, 9.17) is 27.9 Å². The van der Waals surface area contributed by atoms with E-state index in [2.05, 4.69) is 5.32 Å². The van der Waals surface area contributed by atoms with Crippen molar-refractivity contribution in [2.24, 2.45) is 0 Å². The number of nitrogens with one attached hydrogen (secondary N) is 1. The second-order valence-corrected chi connectivity index (χ2v) is 6.67. The number of ether oxygens (including phenoxy) is 1. The van der Waals surface area contributed by atoms with Crippen LogP contribution in [0.2, 0.25) is 10.0 Å². The number of halogens is 2. The Morgan fingerprint density at radius 2 is 2.04 bits per heavy atom. The fourth-order valence-electron chi connectivity index (χ4n) is 2.44. The number of methoxy groups -OCH3 is 1. The Hall–Kier alpha value is -2.35. The first kappa shape index (κ1) is 21.0. The summed E-state index contributed by atoms with van der Waals surface area (Å²) in [6.45, 7) is 0.966. The standard InChI is InChI=1S/C18H19Cl2N3O4/c1-22(11-12-4-3-5-14(19)18(12)20)9-8-17(24)21-15-7-6-13(27-2)10-16(15)23(25)26/h3-7,10H,8-9,11H2,1-2H3,(H,21,24). The molecule has 7 nitrogen and oxygen atoms in total. The van der Waals surface area contributed by atoms with Crippen LogP contribution in [-0.4, -0.2) is 36.4 Å². The van der Waals surface area contributed by atoms with E-state index >= 15 is 0 Å². The van der Waals surface area contributed by atoms with Crippen molar-refractivity contribution in [2.75, 3.05) is 26.0 Å². The van der Waals surface area contributed by atoms with E-state index in [9.17, 15) is 14.9 Å². The normalized spacial score (nSPS) is 10.7. The van der Waals surface area contributed by atoms with Crippen molar-refractivity contribution in [3.8, 4) is 5.75 Å². The van der Waals surface area contributed by atoms with Crippen molar-refractivity contribution in [2.45, 2.75) is 13.0 Å². The zero-order valence-corrected chi connectivity index (χ0v) is 16.4. The van der Waals surface area contributed by atoms with Crippen molar-refractivity contribution >= 4 is 40.5 Å². The molecule has 2 aromatic carbocycles. The minimum atomic E-state index is -0.564. The van der Waals surface area contributed by atoms with Crippen LogP contribution in [0.4, 0.5) is 11.4 Å². The Bertz CT molecular complexity index is 845. The second-order valence-electron chi connectivity index (χ2n) is 5.89. The van der Waals surface area contributed by atoms with E-state index in [1.54, 1.807) is 12.1 Å². The van der Waals surface area contributed by atoms with Gasteiger partial charge in [0.25, 0.3) is 5.69 Å². The summed E-state index contributed by atoms with van der Waals surface area (Å²) in [6.07, 6.45) is 0.165. The summed E-state index contributed by atoms with van der Waals surface area (Å²) in [6, 6.07) is 9.66. The molecule has 0 saturated carbocycles. The Morgan fingerprint density at radius 3 is 2.70 bits per heavy atom. The summed E-state index contributed by atoms with van der Waals surface area (Å²) in [7, 11) is 3.26. The molecular weight excluding hydrogens is 393 g/mol. The van der Waals surface area contributed by atoms with Gasteiger partial charge in [-0.3, -0.25) is 14.9 Å². The van der Waals surface area contributed by atoms with E-state index in [1.807, 2.05) is 24.1 Å². The first-order chi connectivity index (χ1) is 12.8. The second kappa shape index (κ2) is 9.55. The topological polar surface area (TPSA) is 84.7 Å². The summed E-state index contributed by atoms with van der Waals surface area (Å²) in [5.41, 5.74) is 0.769. The van der Waals surface area contributed by atoms with Gasteiger partial charge >= 0.3 is 0 Å². The average Bonchev–Trinajstić information content (AvgIpc) is 2.64. The number of anilines is 1. The first-order valence-electron chi connectivity index (χ1n) is 8.05. The van der Waals surface area contributed by atoms with Crippen molar-refractivity contribution in [1.29, 1.82) is 0 Å². The number of hydrogen-bond acceptors (Lipinski definition) is 5. The zero-order chi connectivity index (χ0) is 20.0. The third-order valence-electron chi connectivity index (χ3n) is 3.87. The number of carbonyl (C=O) groups excluding carboxylic acids is 1. The summed E-state index contributed by atoms with van der Waals surface area (Å²) in [4.78, 5) is 24.7. The molecule has 1 N–H and O–H groups in total. The molecule has 2 rings (SSSR count). The van der Waals surface area contributed by atoms with Gasteiger partial charge in [-0.1, -0.05) is 35.3 Å². The number of amides is 1. The summed E-state index contributed by atoms with van der Waals surface area (Å²) in [5.74, 6) is 0.0186. The van der Waals surface area contributed by atoms with Crippen molar-refractivity contribution < 1.29 is 14.5 Å². The lowest BCUT2D eigenvalue weighted by Crippen LogP contribution is -2.24. The lowest BCUT2D eigenvalue weighted by Gasteiger charge is -2.17. The lowest BCUT2D eigenvalue weighted by molar-refractivity contribution is -0.384. The van der Waals surface area contributed by atoms with Gasteiger partial charge in [0.2, 0.25) is 5.91 Å².